The molecule has 1 saturated carbocycles. The summed E-state index contributed by atoms with van der Waals surface area (Å²) in [5, 5.41) is 3.41. The van der Waals surface area contributed by atoms with E-state index in [1.807, 2.05) is 6.26 Å². The zero-order chi connectivity index (χ0) is 13.5. The molecule has 1 N–H and O–H groups in total. The Kier molecular flexibility index (Phi) is 5.93. The van der Waals surface area contributed by atoms with E-state index in [1.54, 1.807) is 0 Å². The molecule has 0 unspecified atom stereocenters. The lowest BCUT2D eigenvalue weighted by atomic mass is 10.2. The first-order valence-electron chi connectivity index (χ1n) is 7.84. The summed E-state index contributed by atoms with van der Waals surface area (Å²) in [5.41, 5.74) is 1.27. The normalized spacial score (nSPS) is 16.6. The molecule has 19 heavy (non-hydrogen) atoms. The summed E-state index contributed by atoms with van der Waals surface area (Å²) in [5.74, 6) is 1.11. The minimum absolute atomic E-state index is 0.775. The summed E-state index contributed by atoms with van der Waals surface area (Å²) < 4.78 is 5.71. The third kappa shape index (κ3) is 4.36. The molecule has 3 heteroatoms. The summed E-state index contributed by atoms with van der Waals surface area (Å²) in [6, 6.07) is 2.98. The molecular formula is C16H28N2O. The summed E-state index contributed by atoms with van der Waals surface area (Å²) in [6.45, 7) is 8.53. The molecule has 1 aromatic heterocycles. The highest BCUT2D eigenvalue weighted by atomic mass is 16.3. The minimum atomic E-state index is 0.775. The van der Waals surface area contributed by atoms with Crippen LogP contribution in [0.3, 0.4) is 0 Å². The van der Waals surface area contributed by atoms with E-state index in [4.69, 9.17) is 4.42 Å². The van der Waals surface area contributed by atoms with Gasteiger partial charge in [-0.25, -0.2) is 0 Å². The molecule has 1 fully saturated rings. The molecule has 0 bridgehead atoms. The molecule has 0 saturated heterocycles. The zero-order valence-corrected chi connectivity index (χ0v) is 12.5. The first-order chi connectivity index (χ1) is 9.33. The van der Waals surface area contributed by atoms with Gasteiger partial charge in [0.2, 0.25) is 0 Å². The highest BCUT2D eigenvalue weighted by Gasteiger charge is 2.22. The topological polar surface area (TPSA) is 28.4 Å². The van der Waals surface area contributed by atoms with Crippen molar-refractivity contribution in [3.05, 3.63) is 23.7 Å². The van der Waals surface area contributed by atoms with Crippen molar-refractivity contribution < 1.29 is 4.42 Å². The van der Waals surface area contributed by atoms with Crippen molar-refractivity contribution in [1.82, 2.24) is 10.2 Å². The fourth-order valence-corrected chi connectivity index (χ4v) is 2.98. The Bertz CT molecular complexity index is 355. The number of nitrogens with one attached hydrogen (secondary N) is 1. The van der Waals surface area contributed by atoms with E-state index in [0.717, 1.165) is 38.0 Å². The Hall–Kier alpha value is -0.800. The van der Waals surface area contributed by atoms with Gasteiger partial charge in [0.05, 0.1) is 12.8 Å². The van der Waals surface area contributed by atoms with Crippen molar-refractivity contribution in [3.8, 4) is 0 Å². The average Bonchev–Trinajstić information content (AvgIpc) is 3.07. The quantitative estimate of drug-likeness (QED) is 0.728. The van der Waals surface area contributed by atoms with Gasteiger partial charge in [0, 0.05) is 18.2 Å². The molecule has 2 rings (SSSR count). The summed E-state index contributed by atoms with van der Waals surface area (Å²) in [6.07, 6.45) is 8.59. The molecule has 0 aliphatic heterocycles. The largest absolute Gasteiger partial charge is 0.468 e. The lowest BCUT2D eigenvalue weighted by Gasteiger charge is -2.26. The maximum atomic E-state index is 5.71. The SMILES string of the molecule is CCCNCc1coc(CN(CC)C2CCCC2)c1. The van der Waals surface area contributed by atoms with Crippen molar-refractivity contribution in [1.29, 1.82) is 0 Å². The Morgan fingerprint density at radius 1 is 1.32 bits per heavy atom. The van der Waals surface area contributed by atoms with Crippen molar-refractivity contribution >= 4 is 0 Å². The van der Waals surface area contributed by atoms with Crippen molar-refractivity contribution in [2.75, 3.05) is 13.1 Å². The zero-order valence-electron chi connectivity index (χ0n) is 12.5. The highest BCUT2D eigenvalue weighted by molar-refractivity contribution is 5.12. The van der Waals surface area contributed by atoms with Gasteiger partial charge in [-0.3, -0.25) is 4.90 Å². The molecule has 108 valence electrons. The van der Waals surface area contributed by atoms with Gasteiger partial charge < -0.3 is 9.73 Å². The van der Waals surface area contributed by atoms with Gasteiger partial charge in [-0.15, -0.1) is 0 Å². The van der Waals surface area contributed by atoms with Crippen LogP contribution < -0.4 is 5.32 Å². The molecule has 1 aliphatic carbocycles. The van der Waals surface area contributed by atoms with Crippen LogP contribution in [0, 0.1) is 0 Å². The van der Waals surface area contributed by atoms with E-state index < -0.39 is 0 Å². The molecule has 0 spiro atoms. The van der Waals surface area contributed by atoms with Crippen molar-refractivity contribution in [2.24, 2.45) is 0 Å². The van der Waals surface area contributed by atoms with Gasteiger partial charge in [0.1, 0.15) is 5.76 Å². The van der Waals surface area contributed by atoms with Crippen LogP contribution >= 0.6 is 0 Å². The first kappa shape index (κ1) is 14.6. The van der Waals surface area contributed by atoms with Gasteiger partial charge >= 0.3 is 0 Å². The first-order valence-corrected chi connectivity index (χ1v) is 7.84. The maximum Gasteiger partial charge on any atom is 0.118 e. The second-order valence-corrected chi connectivity index (χ2v) is 5.60. The molecule has 0 radical (unpaired) electrons. The van der Waals surface area contributed by atoms with E-state index in [0.29, 0.717) is 0 Å². The van der Waals surface area contributed by atoms with Crippen molar-refractivity contribution in [2.45, 2.75) is 65.1 Å². The van der Waals surface area contributed by atoms with Crippen LogP contribution in [0.25, 0.3) is 0 Å². The Labute approximate surface area is 117 Å². The average molecular weight is 264 g/mol. The Morgan fingerprint density at radius 2 is 2.11 bits per heavy atom. The third-order valence-corrected chi connectivity index (χ3v) is 4.07. The van der Waals surface area contributed by atoms with E-state index in [9.17, 15) is 0 Å². The molecule has 0 aromatic carbocycles. The third-order valence-electron chi connectivity index (χ3n) is 4.07. The fourth-order valence-electron chi connectivity index (χ4n) is 2.98. The summed E-state index contributed by atoms with van der Waals surface area (Å²) >= 11 is 0. The van der Waals surface area contributed by atoms with Crippen LogP contribution in [0.4, 0.5) is 0 Å². The number of rotatable bonds is 8. The minimum Gasteiger partial charge on any atom is -0.468 e. The second kappa shape index (κ2) is 7.71. The molecule has 1 aliphatic rings. The number of nitrogens with zero attached hydrogens (tertiary/aromatic N) is 1. The standard InChI is InChI=1S/C16H28N2O/c1-3-9-17-11-14-10-16(19-13-14)12-18(4-2)15-7-5-6-8-15/h10,13,15,17H,3-9,11-12H2,1-2H3. The number of hydrogen-bond donors (Lipinski definition) is 1. The number of furan rings is 1. The Morgan fingerprint density at radius 3 is 2.79 bits per heavy atom. The summed E-state index contributed by atoms with van der Waals surface area (Å²) in [4.78, 5) is 2.56. The molecule has 3 nitrogen and oxygen atoms in total. The predicted octanol–water partition coefficient (Wildman–Crippen LogP) is 3.54. The van der Waals surface area contributed by atoms with Crippen LogP contribution in [-0.2, 0) is 13.1 Å². The maximum absolute atomic E-state index is 5.71. The Balaban J connectivity index is 1.83. The highest BCUT2D eigenvalue weighted by Crippen LogP contribution is 2.25. The van der Waals surface area contributed by atoms with Crippen molar-refractivity contribution in [3.63, 3.8) is 0 Å². The monoisotopic (exact) mass is 264 g/mol. The van der Waals surface area contributed by atoms with Gasteiger partial charge in [0.15, 0.2) is 0 Å². The van der Waals surface area contributed by atoms with Gasteiger partial charge in [-0.2, -0.15) is 0 Å². The van der Waals surface area contributed by atoms with E-state index in [-0.39, 0.29) is 0 Å². The van der Waals surface area contributed by atoms with Crippen LogP contribution in [-0.4, -0.2) is 24.0 Å². The van der Waals surface area contributed by atoms with E-state index in [1.165, 1.54) is 37.7 Å². The fraction of sp³-hybridized carbons (Fsp3) is 0.750. The van der Waals surface area contributed by atoms with Gasteiger partial charge in [-0.1, -0.05) is 26.7 Å². The molecule has 1 heterocycles. The van der Waals surface area contributed by atoms with Gasteiger partial charge in [-0.05, 0) is 38.4 Å². The smallest absolute Gasteiger partial charge is 0.118 e. The van der Waals surface area contributed by atoms with Gasteiger partial charge in [0.25, 0.3) is 0 Å². The molecular weight excluding hydrogens is 236 g/mol. The molecule has 0 amide bonds. The van der Waals surface area contributed by atoms with Crippen LogP contribution in [0.2, 0.25) is 0 Å². The van der Waals surface area contributed by atoms with Crippen LogP contribution in [0.1, 0.15) is 57.3 Å². The molecule has 0 atom stereocenters. The lowest BCUT2D eigenvalue weighted by molar-refractivity contribution is 0.185. The lowest BCUT2D eigenvalue weighted by Crippen LogP contribution is -2.32. The number of hydrogen-bond acceptors (Lipinski definition) is 3. The van der Waals surface area contributed by atoms with E-state index in [2.05, 4.69) is 30.1 Å². The predicted molar refractivity (Wildman–Crippen MR) is 79.0 cm³/mol. The molecule has 1 aromatic rings. The van der Waals surface area contributed by atoms with E-state index >= 15 is 0 Å². The summed E-state index contributed by atoms with van der Waals surface area (Å²) in [7, 11) is 0. The van der Waals surface area contributed by atoms with Crippen LogP contribution in [0.15, 0.2) is 16.7 Å². The van der Waals surface area contributed by atoms with Crippen LogP contribution in [0.5, 0.6) is 0 Å². The second-order valence-electron chi connectivity index (χ2n) is 5.60.